The molecule has 0 saturated heterocycles. The normalized spacial score (nSPS) is 23.3. The smallest absolute Gasteiger partial charge is 0.152 e. The van der Waals surface area contributed by atoms with Crippen molar-refractivity contribution >= 4 is 11.1 Å². The molecule has 1 unspecified atom stereocenters. The van der Waals surface area contributed by atoms with Gasteiger partial charge in [-0.15, -0.1) is 0 Å². The van der Waals surface area contributed by atoms with E-state index >= 15 is 0 Å². The summed E-state index contributed by atoms with van der Waals surface area (Å²) in [6.07, 6.45) is 7.27. The molecule has 3 nitrogen and oxygen atoms in total. The van der Waals surface area contributed by atoms with Crippen molar-refractivity contribution in [1.82, 2.24) is 5.32 Å². The number of nitrogens with one attached hydrogen (secondary N) is 1. The Morgan fingerprint density at radius 1 is 1.36 bits per heavy atom. The third kappa shape index (κ3) is 4.53. The third-order valence-corrected chi connectivity index (χ3v) is 3.64. The van der Waals surface area contributed by atoms with Gasteiger partial charge >= 0.3 is 0 Å². The van der Waals surface area contributed by atoms with E-state index in [0.717, 1.165) is 13.0 Å². The van der Waals surface area contributed by atoms with Gasteiger partial charge in [-0.1, -0.05) is 19.3 Å². The van der Waals surface area contributed by atoms with Crippen LogP contribution in [0.5, 0.6) is 0 Å². The fraction of sp³-hybridized carbons (Fsp3) is 1.00. The summed E-state index contributed by atoms with van der Waals surface area (Å²) in [6.45, 7) is 3.13. The summed E-state index contributed by atoms with van der Waals surface area (Å²) < 4.78 is 19.0. The highest BCUT2D eigenvalue weighted by Crippen LogP contribution is 2.27. The van der Waals surface area contributed by atoms with Crippen LogP contribution in [0.2, 0.25) is 0 Å². The molecule has 1 fully saturated rings. The number of hydrogen-bond donors (Lipinski definition) is 2. The molecule has 0 radical (unpaired) electrons. The Kier molecular flexibility index (Phi) is 5.06. The Balaban J connectivity index is 2.12. The molecule has 1 aliphatic rings. The van der Waals surface area contributed by atoms with Crippen molar-refractivity contribution < 1.29 is 8.76 Å². The minimum Gasteiger partial charge on any atom is -0.311 e. The maximum atomic E-state index is 10.4. The quantitative estimate of drug-likeness (QED) is 0.548. The fourth-order valence-corrected chi connectivity index (χ4v) is 2.49. The number of hydrogen-bond acceptors (Lipinski definition) is 2. The lowest BCUT2D eigenvalue weighted by molar-refractivity contribution is 0.255. The first kappa shape index (κ1) is 12.1. The van der Waals surface area contributed by atoms with E-state index in [2.05, 4.69) is 12.2 Å². The molecule has 0 spiro atoms. The molecule has 1 saturated carbocycles. The van der Waals surface area contributed by atoms with Gasteiger partial charge in [0.1, 0.15) is 0 Å². The zero-order valence-electron chi connectivity index (χ0n) is 8.92. The van der Waals surface area contributed by atoms with Gasteiger partial charge in [0.25, 0.3) is 0 Å². The monoisotopic (exact) mass is 219 g/mol. The van der Waals surface area contributed by atoms with Crippen LogP contribution < -0.4 is 5.32 Å². The van der Waals surface area contributed by atoms with Crippen molar-refractivity contribution in [3.05, 3.63) is 0 Å². The molecule has 4 heteroatoms. The maximum absolute atomic E-state index is 10.4. The Hall–Kier alpha value is 0.0700. The van der Waals surface area contributed by atoms with Crippen LogP contribution in [0, 0.1) is 0 Å². The minimum atomic E-state index is -1.63. The van der Waals surface area contributed by atoms with Crippen LogP contribution in [-0.2, 0) is 11.1 Å². The van der Waals surface area contributed by atoms with E-state index in [9.17, 15) is 4.21 Å². The lowest BCUT2D eigenvalue weighted by atomic mass is 9.83. The molecule has 1 aliphatic carbocycles. The highest BCUT2D eigenvalue weighted by atomic mass is 32.2. The molecule has 0 aromatic carbocycles. The molecule has 0 aromatic heterocycles. The molecule has 0 heterocycles. The van der Waals surface area contributed by atoms with Crippen LogP contribution in [-0.4, -0.2) is 26.6 Å². The van der Waals surface area contributed by atoms with E-state index < -0.39 is 11.1 Å². The molecule has 84 valence electrons. The molecule has 0 amide bonds. The average Bonchev–Trinajstić information content (AvgIpc) is 2.14. The molecular weight excluding hydrogens is 198 g/mol. The van der Waals surface area contributed by atoms with Crippen LogP contribution in [0.1, 0.15) is 45.4 Å². The van der Waals surface area contributed by atoms with Gasteiger partial charge in [0, 0.05) is 5.54 Å². The van der Waals surface area contributed by atoms with Crippen molar-refractivity contribution in [2.75, 3.05) is 12.3 Å². The SMILES string of the molecule is CC1(NCCCS(=O)O)CCCCC1. The van der Waals surface area contributed by atoms with Gasteiger partial charge in [-0.2, -0.15) is 0 Å². The molecular formula is C10H21NO2S. The fourth-order valence-electron chi connectivity index (χ4n) is 2.09. The van der Waals surface area contributed by atoms with E-state index in [1.54, 1.807) is 0 Å². The summed E-state index contributed by atoms with van der Waals surface area (Å²) >= 11 is -1.63. The van der Waals surface area contributed by atoms with E-state index in [1.165, 1.54) is 32.1 Å². The summed E-state index contributed by atoms with van der Waals surface area (Å²) in [5.41, 5.74) is 0.287. The van der Waals surface area contributed by atoms with Crippen molar-refractivity contribution in [3.63, 3.8) is 0 Å². The summed E-state index contributed by atoms with van der Waals surface area (Å²) in [7, 11) is 0. The van der Waals surface area contributed by atoms with Gasteiger partial charge in [0.2, 0.25) is 0 Å². The van der Waals surface area contributed by atoms with E-state index in [0.29, 0.717) is 5.75 Å². The summed E-state index contributed by atoms with van der Waals surface area (Å²) in [5.74, 6) is 0.392. The van der Waals surface area contributed by atoms with Crippen molar-refractivity contribution in [3.8, 4) is 0 Å². The molecule has 1 rings (SSSR count). The second kappa shape index (κ2) is 5.83. The van der Waals surface area contributed by atoms with Gasteiger partial charge in [0.05, 0.1) is 5.75 Å². The molecule has 0 aliphatic heterocycles. The predicted octanol–water partition coefficient (Wildman–Crippen LogP) is 1.91. The first-order valence-electron chi connectivity index (χ1n) is 5.45. The summed E-state index contributed by atoms with van der Waals surface area (Å²) in [5, 5.41) is 3.51. The molecule has 0 aromatic rings. The van der Waals surface area contributed by atoms with E-state index in [1.807, 2.05) is 0 Å². The van der Waals surface area contributed by atoms with Crippen LogP contribution in [0.4, 0.5) is 0 Å². The Labute approximate surface area is 88.9 Å². The zero-order valence-corrected chi connectivity index (χ0v) is 9.74. The Bertz CT molecular complexity index is 191. The molecule has 14 heavy (non-hydrogen) atoms. The first-order valence-corrected chi connectivity index (χ1v) is 6.72. The van der Waals surface area contributed by atoms with E-state index in [-0.39, 0.29) is 5.54 Å². The zero-order chi connectivity index (χ0) is 10.4. The molecule has 1 atom stereocenters. The molecule has 0 bridgehead atoms. The predicted molar refractivity (Wildman–Crippen MR) is 59.7 cm³/mol. The summed E-state index contributed by atoms with van der Waals surface area (Å²) in [6, 6.07) is 0. The van der Waals surface area contributed by atoms with Crippen LogP contribution in [0.25, 0.3) is 0 Å². The van der Waals surface area contributed by atoms with Gasteiger partial charge < -0.3 is 9.87 Å². The van der Waals surface area contributed by atoms with Gasteiger partial charge in [-0.05, 0) is 32.7 Å². The summed E-state index contributed by atoms with van der Waals surface area (Å²) in [4.78, 5) is 0. The van der Waals surface area contributed by atoms with Gasteiger partial charge in [0.15, 0.2) is 11.1 Å². The average molecular weight is 219 g/mol. The highest BCUT2D eigenvalue weighted by molar-refractivity contribution is 7.79. The van der Waals surface area contributed by atoms with Crippen LogP contribution in [0.15, 0.2) is 0 Å². The van der Waals surface area contributed by atoms with Crippen molar-refractivity contribution in [2.45, 2.75) is 51.0 Å². The molecule has 2 N–H and O–H groups in total. The Morgan fingerprint density at radius 3 is 2.57 bits per heavy atom. The lowest BCUT2D eigenvalue weighted by Gasteiger charge is -2.34. The number of rotatable bonds is 5. The second-order valence-electron chi connectivity index (χ2n) is 4.43. The second-order valence-corrected chi connectivity index (χ2v) is 5.48. The van der Waals surface area contributed by atoms with Gasteiger partial charge in [-0.3, -0.25) is 0 Å². The first-order chi connectivity index (χ1) is 6.62. The van der Waals surface area contributed by atoms with E-state index in [4.69, 9.17) is 4.55 Å². The highest BCUT2D eigenvalue weighted by Gasteiger charge is 2.25. The van der Waals surface area contributed by atoms with Gasteiger partial charge in [-0.25, -0.2) is 4.21 Å². The maximum Gasteiger partial charge on any atom is 0.152 e. The Morgan fingerprint density at radius 2 is 2.00 bits per heavy atom. The standard InChI is InChI=1S/C10H21NO2S/c1-10(6-3-2-4-7-10)11-8-5-9-14(12)13/h11H,2-9H2,1H3,(H,12,13). The minimum absolute atomic E-state index is 0.287. The third-order valence-electron chi connectivity index (χ3n) is 3.00. The largest absolute Gasteiger partial charge is 0.311 e. The van der Waals surface area contributed by atoms with Crippen molar-refractivity contribution in [1.29, 1.82) is 0 Å². The van der Waals surface area contributed by atoms with Crippen LogP contribution >= 0.6 is 0 Å². The lowest BCUT2D eigenvalue weighted by Crippen LogP contribution is -2.44. The van der Waals surface area contributed by atoms with Crippen LogP contribution in [0.3, 0.4) is 0 Å². The van der Waals surface area contributed by atoms with Crippen molar-refractivity contribution in [2.24, 2.45) is 0 Å². The topological polar surface area (TPSA) is 49.3 Å².